The molecule has 186 valence electrons. The number of carbonyl (C=O) groups is 1. The average Bonchev–Trinajstić information content (AvgIpc) is 2.79. The second kappa shape index (κ2) is 9.52. The van der Waals surface area contributed by atoms with Crippen molar-refractivity contribution in [3.05, 3.63) is 59.6 Å². The Morgan fingerprint density at radius 1 is 1.09 bits per heavy atom. The lowest BCUT2D eigenvalue weighted by molar-refractivity contribution is -0.274. The molecule has 0 bridgehead atoms. The highest BCUT2D eigenvalue weighted by atomic mass is 35.5. The van der Waals surface area contributed by atoms with Crippen LogP contribution in [0.25, 0.3) is 10.9 Å². The third kappa shape index (κ3) is 5.14. The second-order valence-electron chi connectivity index (χ2n) is 8.48. The van der Waals surface area contributed by atoms with Crippen molar-refractivity contribution in [2.24, 2.45) is 11.8 Å². The number of rotatable bonds is 5. The van der Waals surface area contributed by atoms with Gasteiger partial charge in [-0.05, 0) is 48.9 Å². The highest BCUT2D eigenvalue weighted by molar-refractivity contribution is 6.35. The predicted octanol–water partition coefficient (Wildman–Crippen LogP) is 4.76. The molecule has 7 nitrogen and oxygen atoms in total. The maximum absolute atomic E-state index is 12.6. The minimum Gasteiger partial charge on any atom is -0.481 e. The smallest absolute Gasteiger partial charge is 0.481 e. The van der Waals surface area contributed by atoms with Gasteiger partial charge in [0.05, 0.1) is 34.7 Å². The average molecular weight is 511 g/mol. The molecule has 3 aromatic rings. The molecule has 3 N–H and O–H groups in total. The van der Waals surface area contributed by atoms with Crippen LogP contribution in [0.1, 0.15) is 13.3 Å². The molecule has 2 aromatic carbocycles. The van der Waals surface area contributed by atoms with E-state index < -0.39 is 48.2 Å². The van der Waals surface area contributed by atoms with Gasteiger partial charge < -0.3 is 25.0 Å². The van der Waals surface area contributed by atoms with Crippen molar-refractivity contribution in [3.63, 3.8) is 0 Å². The van der Waals surface area contributed by atoms with E-state index in [1.165, 1.54) is 12.1 Å². The summed E-state index contributed by atoms with van der Waals surface area (Å²) < 4.78 is 41.8. The Kier molecular flexibility index (Phi) is 6.81. The Bertz CT molecular complexity index is 1220. The first-order valence-corrected chi connectivity index (χ1v) is 11.1. The Balaban J connectivity index is 1.82. The molecule has 0 amide bonds. The minimum atomic E-state index is -4.86. The van der Waals surface area contributed by atoms with Gasteiger partial charge in [0.15, 0.2) is 0 Å². The Morgan fingerprint density at radius 2 is 1.77 bits per heavy atom. The van der Waals surface area contributed by atoms with Gasteiger partial charge in [-0.1, -0.05) is 30.7 Å². The molecule has 0 unspecified atom stereocenters. The number of nitrogens with zero attached hydrogens (tertiary/aromatic N) is 2. The van der Waals surface area contributed by atoms with Gasteiger partial charge in [-0.2, -0.15) is 0 Å². The fraction of sp³-hybridized carbons (Fsp3) is 0.333. The molecule has 1 saturated carbocycles. The SMILES string of the molecule is C[C@@H]1[C@@H](O)[C@H](N(c2ccc(OC(F)(F)F)cc2)c2ccc3cccc(Cl)c3n2)C[C@H](C(=O)O)[C@H]1O. The summed E-state index contributed by atoms with van der Waals surface area (Å²) in [5.41, 5.74) is 0.803. The summed E-state index contributed by atoms with van der Waals surface area (Å²) in [5.74, 6) is -3.32. The van der Waals surface area contributed by atoms with Gasteiger partial charge in [-0.25, -0.2) is 4.98 Å². The van der Waals surface area contributed by atoms with Crippen LogP contribution in [0.3, 0.4) is 0 Å². The third-order valence-electron chi connectivity index (χ3n) is 6.28. The predicted molar refractivity (Wildman–Crippen MR) is 123 cm³/mol. The molecule has 11 heteroatoms. The van der Waals surface area contributed by atoms with Crippen molar-refractivity contribution in [2.75, 3.05) is 4.90 Å². The van der Waals surface area contributed by atoms with Gasteiger partial charge in [-0.3, -0.25) is 4.79 Å². The number of aliphatic hydroxyl groups excluding tert-OH is 2. The highest BCUT2D eigenvalue weighted by Gasteiger charge is 2.47. The number of aliphatic hydroxyl groups is 2. The van der Waals surface area contributed by atoms with E-state index in [2.05, 4.69) is 9.72 Å². The number of carboxylic acid groups (broad SMARTS) is 1. The standard InChI is InChI=1S/C24H22ClF3N2O5/c1-12-21(31)16(23(33)34)11-18(22(12)32)30(14-6-8-15(9-7-14)35-24(26,27)28)19-10-5-13-3-2-4-17(25)20(13)29-19/h2-10,12,16,18,21-22,31-32H,11H2,1H3,(H,33,34)/t12-,16-,18+,21-,22+/m0/s1. The van der Waals surface area contributed by atoms with E-state index in [4.69, 9.17) is 11.6 Å². The normalized spacial score (nSPS) is 24.8. The molecule has 1 fully saturated rings. The molecule has 1 aromatic heterocycles. The molecular formula is C24H22ClF3N2O5. The minimum absolute atomic E-state index is 0.134. The summed E-state index contributed by atoms with van der Waals surface area (Å²) in [6.07, 6.45) is -7.44. The Hall–Kier alpha value is -3.08. The molecule has 4 rings (SSSR count). The lowest BCUT2D eigenvalue weighted by atomic mass is 9.74. The number of carboxylic acids is 1. The number of anilines is 2. The molecule has 0 aliphatic heterocycles. The highest BCUT2D eigenvalue weighted by Crippen LogP contribution is 2.40. The van der Waals surface area contributed by atoms with Crippen molar-refractivity contribution in [1.29, 1.82) is 0 Å². The molecule has 1 aliphatic carbocycles. The van der Waals surface area contributed by atoms with Crippen molar-refractivity contribution < 1.29 is 38.0 Å². The van der Waals surface area contributed by atoms with Crippen LogP contribution in [0.5, 0.6) is 5.75 Å². The van der Waals surface area contributed by atoms with Crippen LogP contribution < -0.4 is 9.64 Å². The van der Waals surface area contributed by atoms with Gasteiger partial charge in [-0.15, -0.1) is 13.2 Å². The first-order chi connectivity index (χ1) is 16.5. The van der Waals surface area contributed by atoms with E-state index in [0.29, 0.717) is 22.0 Å². The maximum atomic E-state index is 12.6. The molecule has 0 saturated heterocycles. The number of benzene rings is 2. The van der Waals surface area contributed by atoms with Gasteiger partial charge in [0.1, 0.15) is 11.6 Å². The fourth-order valence-electron chi connectivity index (χ4n) is 4.50. The van der Waals surface area contributed by atoms with E-state index in [1.807, 2.05) is 0 Å². The third-order valence-corrected chi connectivity index (χ3v) is 6.58. The zero-order chi connectivity index (χ0) is 25.5. The number of ether oxygens (including phenoxy) is 1. The number of alkyl halides is 3. The van der Waals surface area contributed by atoms with E-state index >= 15 is 0 Å². The molecule has 1 aliphatic rings. The second-order valence-corrected chi connectivity index (χ2v) is 8.89. The Morgan fingerprint density at radius 3 is 2.40 bits per heavy atom. The van der Waals surface area contributed by atoms with Crippen LogP contribution in [0.15, 0.2) is 54.6 Å². The van der Waals surface area contributed by atoms with Crippen LogP contribution in [-0.4, -0.2) is 50.9 Å². The van der Waals surface area contributed by atoms with Crippen LogP contribution in [0.4, 0.5) is 24.7 Å². The lowest BCUT2D eigenvalue weighted by Gasteiger charge is -2.45. The number of halogens is 4. The van der Waals surface area contributed by atoms with E-state index in [-0.39, 0.29) is 6.42 Å². The monoisotopic (exact) mass is 510 g/mol. The molecule has 35 heavy (non-hydrogen) atoms. The van der Waals surface area contributed by atoms with Crippen LogP contribution in [-0.2, 0) is 4.79 Å². The maximum Gasteiger partial charge on any atom is 0.573 e. The molecule has 0 radical (unpaired) electrons. The van der Waals surface area contributed by atoms with Gasteiger partial charge in [0.2, 0.25) is 0 Å². The van der Waals surface area contributed by atoms with Crippen molar-refractivity contribution in [3.8, 4) is 5.75 Å². The topological polar surface area (TPSA) is 103 Å². The largest absolute Gasteiger partial charge is 0.573 e. The molecule has 1 heterocycles. The number of aliphatic carboxylic acids is 1. The number of hydrogen-bond acceptors (Lipinski definition) is 6. The molecule has 5 atom stereocenters. The quantitative estimate of drug-likeness (QED) is 0.455. The van der Waals surface area contributed by atoms with Crippen molar-refractivity contribution in [2.45, 2.75) is 38.0 Å². The zero-order valence-electron chi connectivity index (χ0n) is 18.4. The van der Waals surface area contributed by atoms with Crippen molar-refractivity contribution >= 4 is 40.0 Å². The summed E-state index contributed by atoms with van der Waals surface area (Å²) in [6.45, 7) is 1.54. The summed E-state index contributed by atoms with van der Waals surface area (Å²) >= 11 is 6.32. The molecule has 0 spiro atoms. The van der Waals surface area contributed by atoms with Crippen molar-refractivity contribution in [1.82, 2.24) is 4.98 Å². The van der Waals surface area contributed by atoms with Crippen LogP contribution >= 0.6 is 11.6 Å². The van der Waals surface area contributed by atoms with Crippen LogP contribution in [0.2, 0.25) is 5.02 Å². The van der Waals surface area contributed by atoms with E-state index in [9.17, 15) is 33.3 Å². The summed E-state index contributed by atoms with van der Waals surface area (Å²) in [7, 11) is 0. The first kappa shape index (κ1) is 25.0. The molecular weight excluding hydrogens is 489 g/mol. The van der Waals surface area contributed by atoms with Gasteiger partial charge >= 0.3 is 12.3 Å². The number of para-hydroxylation sites is 1. The first-order valence-electron chi connectivity index (χ1n) is 10.8. The van der Waals surface area contributed by atoms with E-state index in [1.54, 1.807) is 42.2 Å². The number of hydrogen-bond donors (Lipinski definition) is 3. The van der Waals surface area contributed by atoms with Gasteiger partial charge in [0, 0.05) is 17.0 Å². The summed E-state index contributed by atoms with van der Waals surface area (Å²) in [5, 5.41) is 32.3. The lowest BCUT2D eigenvalue weighted by Crippen LogP contribution is -2.56. The number of pyridine rings is 1. The zero-order valence-corrected chi connectivity index (χ0v) is 19.1. The number of aromatic nitrogens is 1. The summed E-state index contributed by atoms with van der Waals surface area (Å²) in [6, 6.07) is 12.7. The number of fused-ring (bicyclic) bond motifs is 1. The Labute approximate surface area is 203 Å². The summed E-state index contributed by atoms with van der Waals surface area (Å²) in [4.78, 5) is 18.0. The van der Waals surface area contributed by atoms with Crippen LogP contribution in [0, 0.1) is 11.8 Å². The fourth-order valence-corrected chi connectivity index (χ4v) is 4.72. The van der Waals surface area contributed by atoms with E-state index in [0.717, 1.165) is 17.5 Å². The van der Waals surface area contributed by atoms with Gasteiger partial charge in [0.25, 0.3) is 0 Å².